The number of hydrogen-bond acceptors (Lipinski definition) is 5. The van der Waals surface area contributed by atoms with Gasteiger partial charge in [-0.2, -0.15) is 0 Å². The lowest BCUT2D eigenvalue weighted by Crippen LogP contribution is -2.20. The number of rotatable bonds is 8. The van der Waals surface area contributed by atoms with Crippen LogP contribution in [0.25, 0.3) is 0 Å². The molecule has 28 heavy (non-hydrogen) atoms. The Bertz CT molecular complexity index is 836. The molecule has 0 aliphatic carbocycles. The van der Waals surface area contributed by atoms with Crippen LogP contribution in [0.2, 0.25) is 0 Å². The van der Waals surface area contributed by atoms with E-state index in [9.17, 15) is 14.0 Å². The van der Waals surface area contributed by atoms with Gasteiger partial charge in [0, 0.05) is 24.4 Å². The van der Waals surface area contributed by atoms with E-state index in [2.05, 4.69) is 10.6 Å². The van der Waals surface area contributed by atoms with Crippen molar-refractivity contribution >= 4 is 23.2 Å². The minimum absolute atomic E-state index is 0.105. The summed E-state index contributed by atoms with van der Waals surface area (Å²) in [5, 5.41) is 5.68. The van der Waals surface area contributed by atoms with Gasteiger partial charge >= 0.3 is 0 Å². The van der Waals surface area contributed by atoms with Crippen molar-refractivity contribution in [2.24, 2.45) is 5.73 Å². The predicted octanol–water partition coefficient (Wildman–Crippen LogP) is 2.53. The van der Waals surface area contributed by atoms with Gasteiger partial charge in [-0.15, -0.1) is 0 Å². The molecule has 1 unspecified atom stereocenters. The van der Waals surface area contributed by atoms with E-state index in [1.54, 1.807) is 36.4 Å². The van der Waals surface area contributed by atoms with Gasteiger partial charge in [0.1, 0.15) is 11.6 Å². The Morgan fingerprint density at radius 1 is 1.21 bits per heavy atom. The number of ether oxygens (including phenoxy) is 2. The average molecular weight is 387 g/mol. The maximum absolute atomic E-state index is 14.3. The first kappa shape index (κ1) is 19.6. The van der Waals surface area contributed by atoms with Crippen LogP contribution in [0, 0.1) is 5.82 Å². The van der Waals surface area contributed by atoms with Gasteiger partial charge < -0.3 is 25.8 Å². The van der Waals surface area contributed by atoms with Crippen LogP contribution < -0.4 is 21.1 Å². The Morgan fingerprint density at radius 2 is 2.00 bits per heavy atom. The van der Waals surface area contributed by atoms with E-state index in [4.69, 9.17) is 15.2 Å². The molecule has 1 aliphatic heterocycles. The Kier molecular flexibility index (Phi) is 6.44. The average Bonchev–Trinajstić information content (AvgIpc) is 3.19. The molecule has 2 amide bonds. The molecule has 4 N–H and O–H groups in total. The van der Waals surface area contributed by atoms with Crippen LogP contribution in [0.5, 0.6) is 5.75 Å². The second-order valence-electron chi connectivity index (χ2n) is 6.44. The molecule has 0 radical (unpaired) electrons. The van der Waals surface area contributed by atoms with Crippen LogP contribution >= 0.6 is 0 Å². The van der Waals surface area contributed by atoms with E-state index < -0.39 is 11.7 Å². The second-order valence-corrected chi connectivity index (χ2v) is 6.44. The molecule has 3 rings (SSSR count). The van der Waals surface area contributed by atoms with Crippen molar-refractivity contribution in [2.75, 3.05) is 30.4 Å². The number of carbonyl (C=O) groups excluding carboxylic acids is 2. The van der Waals surface area contributed by atoms with Crippen LogP contribution in [-0.2, 0) is 9.53 Å². The lowest BCUT2D eigenvalue weighted by Gasteiger charge is -2.13. The van der Waals surface area contributed by atoms with Crippen LogP contribution in [-0.4, -0.2) is 37.7 Å². The summed E-state index contributed by atoms with van der Waals surface area (Å²) in [7, 11) is 0. The van der Waals surface area contributed by atoms with E-state index in [0.717, 1.165) is 19.4 Å². The SMILES string of the molecule is NC(=O)COc1ccc(C(=O)Nc2ccc(NCC3CCCO3)c(F)c2)cc1. The number of carbonyl (C=O) groups is 2. The highest BCUT2D eigenvalue weighted by molar-refractivity contribution is 6.04. The van der Waals surface area contributed by atoms with Crippen molar-refractivity contribution in [3.8, 4) is 5.75 Å². The smallest absolute Gasteiger partial charge is 0.255 e. The highest BCUT2D eigenvalue weighted by Crippen LogP contribution is 2.21. The Hall–Kier alpha value is -3.13. The topological polar surface area (TPSA) is 103 Å². The third-order valence-electron chi connectivity index (χ3n) is 4.27. The van der Waals surface area contributed by atoms with Gasteiger partial charge in [-0.3, -0.25) is 9.59 Å². The second kappa shape index (κ2) is 9.18. The number of hydrogen-bond donors (Lipinski definition) is 3. The zero-order valence-corrected chi connectivity index (χ0v) is 15.2. The molecule has 148 valence electrons. The third-order valence-corrected chi connectivity index (χ3v) is 4.27. The number of nitrogens with one attached hydrogen (secondary N) is 2. The zero-order valence-electron chi connectivity index (χ0n) is 15.2. The Morgan fingerprint density at radius 3 is 2.64 bits per heavy atom. The van der Waals surface area contributed by atoms with Gasteiger partial charge in [-0.05, 0) is 55.3 Å². The van der Waals surface area contributed by atoms with Gasteiger partial charge in [0.05, 0.1) is 11.8 Å². The summed E-state index contributed by atoms with van der Waals surface area (Å²) in [6.45, 7) is 1.06. The molecule has 0 saturated carbocycles. The number of amides is 2. The lowest BCUT2D eigenvalue weighted by atomic mass is 10.2. The molecule has 1 atom stereocenters. The molecule has 1 fully saturated rings. The summed E-state index contributed by atoms with van der Waals surface area (Å²) >= 11 is 0. The maximum atomic E-state index is 14.3. The minimum atomic E-state index is -0.586. The van der Waals surface area contributed by atoms with E-state index in [1.165, 1.54) is 6.07 Å². The molecular weight excluding hydrogens is 365 g/mol. The number of primary amides is 1. The van der Waals surface area contributed by atoms with Crippen molar-refractivity contribution in [2.45, 2.75) is 18.9 Å². The maximum Gasteiger partial charge on any atom is 0.255 e. The van der Waals surface area contributed by atoms with E-state index in [1.807, 2.05) is 0 Å². The van der Waals surface area contributed by atoms with Crippen molar-refractivity contribution in [1.82, 2.24) is 0 Å². The van der Waals surface area contributed by atoms with E-state index in [0.29, 0.717) is 29.2 Å². The zero-order chi connectivity index (χ0) is 19.9. The molecule has 2 aromatic rings. The standard InChI is InChI=1S/C20H22FN3O4/c21-17-10-14(5-8-18(17)23-11-16-2-1-9-27-16)24-20(26)13-3-6-15(7-4-13)28-12-19(22)25/h3-8,10,16,23H,1-2,9,11-12H2,(H2,22,25)(H,24,26). The summed E-state index contributed by atoms with van der Waals surface area (Å²) < 4.78 is 24.9. The molecule has 1 saturated heterocycles. The predicted molar refractivity (Wildman–Crippen MR) is 103 cm³/mol. The first-order valence-electron chi connectivity index (χ1n) is 8.99. The number of nitrogens with two attached hydrogens (primary N) is 1. The summed E-state index contributed by atoms with van der Waals surface area (Å²) in [6.07, 6.45) is 2.10. The van der Waals surface area contributed by atoms with Gasteiger partial charge in [-0.1, -0.05) is 0 Å². The van der Waals surface area contributed by atoms with Gasteiger partial charge in [-0.25, -0.2) is 4.39 Å². The molecule has 8 heteroatoms. The van der Waals surface area contributed by atoms with Gasteiger partial charge in [0.25, 0.3) is 11.8 Å². The first-order chi connectivity index (χ1) is 13.5. The first-order valence-corrected chi connectivity index (χ1v) is 8.99. The fourth-order valence-electron chi connectivity index (χ4n) is 2.83. The monoisotopic (exact) mass is 387 g/mol. The fraction of sp³-hybridized carbons (Fsp3) is 0.300. The van der Waals surface area contributed by atoms with Crippen molar-refractivity contribution in [1.29, 1.82) is 0 Å². The molecule has 1 heterocycles. The van der Waals surface area contributed by atoms with Gasteiger partial charge in [0.15, 0.2) is 6.61 Å². The molecule has 0 aromatic heterocycles. The number of benzene rings is 2. The van der Waals surface area contributed by atoms with Crippen LogP contribution in [0.4, 0.5) is 15.8 Å². The molecule has 1 aliphatic rings. The van der Waals surface area contributed by atoms with Crippen LogP contribution in [0.15, 0.2) is 42.5 Å². The molecule has 0 bridgehead atoms. The van der Waals surface area contributed by atoms with Gasteiger partial charge in [0.2, 0.25) is 0 Å². The highest BCUT2D eigenvalue weighted by atomic mass is 19.1. The number of anilines is 2. The molecule has 7 nitrogen and oxygen atoms in total. The molecule has 2 aromatic carbocycles. The third kappa shape index (κ3) is 5.43. The minimum Gasteiger partial charge on any atom is -0.484 e. The summed E-state index contributed by atoms with van der Waals surface area (Å²) in [5.41, 5.74) is 6.09. The van der Waals surface area contributed by atoms with Crippen LogP contribution in [0.3, 0.4) is 0 Å². The quantitative estimate of drug-likeness (QED) is 0.646. The van der Waals surface area contributed by atoms with Crippen LogP contribution in [0.1, 0.15) is 23.2 Å². The summed E-state index contributed by atoms with van der Waals surface area (Å²) in [5.74, 6) is -1.01. The Labute approximate surface area is 162 Å². The molecule has 0 spiro atoms. The van der Waals surface area contributed by atoms with Crippen molar-refractivity contribution in [3.05, 3.63) is 53.8 Å². The number of halogens is 1. The summed E-state index contributed by atoms with van der Waals surface area (Å²) in [4.78, 5) is 23.0. The van der Waals surface area contributed by atoms with Crippen molar-refractivity contribution in [3.63, 3.8) is 0 Å². The normalized spacial score (nSPS) is 15.8. The highest BCUT2D eigenvalue weighted by Gasteiger charge is 2.16. The Balaban J connectivity index is 1.55. The molecular formula is C20H22FN3O4. The lowest BCUT2D eigenvalue weighted by molar-refractivity contribution is -0.119. The largest absolute Gasteiger partial charge is 0.484 e. The fourth-order valence-corrected chi connectivity index (χ4v) is 2.83. The van der Waals surface area contributed by atoms with E-state index >= 15 is 0 Å². The van der Waals surface area contributed by atoms with E-state index in [-0.39, 0.29) is 18.6 Å². The summed E-state index contributed by atoms with van der Waals surface area (Å²) in [6, 6.07) is 10.7. The van der Waals surface area contributed by atoms with Crippen molar-refractivity contribution < 1.29 is 23.5 Å².